The molecule has 0 fully saturated rings. The Labute approximate surface area is 137 Å². The summed E-state index contributed by atoms with van der Waals surface area (Å²) in [7, 11) is 0. The van der Waals surface area contributed by atoms with Gasteiger partial charge in [0.25, 0.3) is 0 Å². The first-order chi connectivity index (χ1) is 10.1. The van der Waals surface area contributed by atoms with Gasteiger partial charge < -0.3 is 5.32 Å². The molecule has 1 aliphatic rings. The van der Waals surface area contributed by atoms with Gasteiger partial charge in [0, 0.05) is 28.0 Å². The van der Waals surface area contributed by atoms with E-state index in [0.29, 0.717) is 11.4 Å². The minimum absolute atomic E-state index is 0.137. The van der Waals surface area contributed by atoms with Gasteiger partial charge >= 0.3 is 0 Å². The SMILES string of the molecule is O=C(Cc1ccc(Br)cc1Cl)c1cccc2c1CCNC2. The van der Waals surface area contributed by atoms with Crippen LogP contribution in [0.1, 0.15) is 27.0 Å². The summed E-state index contributed by atoms with van der Waals surface area (Å²) in [5, 5.41) is 3.96. The van der Waals surface area contributed by atoms with Crippen molar-refractivity contribution >= 4 is 33.3 Å². The molecule has 4 heteroatoms. The molecule has 1 heterocycles. The number of halogens is 2. The molecular formula is C17H15BrClNO. The fourth-order valence-corrected chi connectivity index (χ4v) is 3.47. The van der Waals surface area contributed by atoms with Crippen molar-refractivity contribution in [2.75, 3.05) is 6.54 Å². The van der Waals surface area contributed by atoms with E-state index in [1.165, 1.54) is 11.1 Å². The topological polar surface area (TPSA) is 29.1 Å². The van der Waals surface area contributed by atoms with Crippen molar-refractivity contribution in [1.82, 2.24) is 5.32 Å². The van der Waals surface area contributed by atoms with Crippen LogP contribution in [-0.2, 0) is 19.4 Å². The van der Waals surface area contributed by atoms with Gasteiger partial charge in [-0.25, -0.2) is 0 Å². The van der Waals surface area contributed by atoms with Crippen molar-refractivity contribution in [1.29, 1.82) is 0 Å². The standard InChI is InChI=1S/C17H15BrClNO/c18-13-5-4-11(16(19)9-13)8-17(21)15-3-1-2-12-10-20-7-6-14(12)15/h1-5,9,20H,6-8,10H2. The lowest BCUT2D eigenvalue weighted by Crippen LogP contribution is -2.25. The number of nitrogens with one attached hydrogen (secondary N) is 1. The van der Waals surface area contributed by atoms with E-state index in [-0.39, 0.29) is 5.78 Å². The Kier molecular flexibility index (Phi) is 4.43. The highest BCUT2D eigenvalue weighted by Gasteiger charge is 2.18. The quantitative estimate of drug-likeness (QED) is 0.828. The van der Waals surface area contributed by atoms with Crippen LogP contribution in [0.3, 0.4) is 0 Å². The van der Waals surface area contributed by atoms with E-state index in [9.17, 15) is 4.79 Å². The molecule has 2 aromatic carbocycles. The van der Waals surface area contributed by atoms with Crippen LogP contribution in [0.15, 0.2) is 40.9 Å². The number of carbonyl (C=O) groups excluding carboxylic acids is 1. The molecule has 0 bridgehead atoms. The van der Waals surface area contributed by atoms with Gasteiger partial charge in [-0.05, 0) is 41.8 Å². The molecular weight excluding hydrogens is 350 g/mol. The second-order valence-electron chi connectivity index (χ2n) is 5.21. The second kappa shape index (κ2) is 6.30. The first-order valence-electron chi connectivity index (χ1n) is 6.94. The van der Waals surface area contributed by atoms with Gasteiger partial charge in [-0.15, -0.1) is 0 Å². The third kappa shape index (κ3) is 3.20. The minimum atomic E-state index is 0.137. The highest BCUT2D eigenvalue weighted by atomic mass is 79.9. The van der Waals surface area contributed by atoms with E-state index in [1.807, 2.05) is 30.3 Å². The number of rotatable bonds is 3. The van der Waals surface area contributed by atoms with E-state index in [4.69, 9.17) is 11.6 Å². The second-order valence-corrected chi connectivity index (χ2v) is 6.53. The summed E-state index contributed by atoms with van der Waals surface area (Å²) in [4.78, 5) is 12.6. The maximum absolute atomic E-state index is 12.6. The number of hydrogen-bond donors (Lipinski definition) is 1. The fourth-order valence-electron chi connectivity index (χ4n) is 2.73. The third-order valence-corrected chi connectivity index (χ3v) is 4.65. The molecule has 2 nitrogen and oxygen atoms in total. The first-order valence-corrected chi connectivity index (χ1v) is 8.11. The number of benzene rings is 2. The largest absolute Gasteiger partial charge is 0.312 e. The molecule has 0 aromatic heterocycles. The number of ketones is 1. The van der Waals surface area contributed by atoms with Gasteiger partial charge in [0.2, 0.25) is 0 Å². The van der Waals surface area contributed by atoms with Crippen LogP contribution in [0.5, 0.6) is 0 Å². The summed E-state index contributed by atoms with van der Waals surface area (Å²) in [5.41, 5.74) is 4.13. The summed E-state index contributed by atoms with van der Waals surface area (Å²) >= 11 is 9.59. The highest BCUT2D eigenvalue weighted by molar-refractivity contribution is 9.10. The molecule has 0 amide bonds. The molecule has 0 radical (unpaired) electrons. The van der Waals surface area contributed by atoms with Crippen LogP contribution < -0.4 is 5.32 Å². The van der Waals surface area contributed by atoms with Crippen LogP contribution in [0, 0.1) is 0 Å². The van der Waals surface area contributed by atoms with E-state index in [0.717, 1.165) is 35.1 Å². The predicted molar refractivity (Wildman–Crippen MR) is 89.0 cm³/mol. The lowest BCUT2D eigenvalue weighted by molar-refractivity contribution is 0.0992. The van der Waals surface area contributed by atoms with Crippen molar-refractivity contribution in [2.45, 2.75) is 19.4 Å². The van der Waals surface area contributed by atoms with Crippen LogP contribution in [0.2, 0.25) is 5.02 Å². The molecule has 108 valence electrons. The Bertz CT molecular complexity index is 699. The first kappa shape index (κ1) is 14.8. The van der Waals surface area contributed by atoms with Gasteiger partial charge in [-0.3, -0.25) is 4.79 Å². The molecule has 0 atom stereocenters. The van der Waals surface area contributed by atoms with Crippen molar-refractivity contribution in [3.63, 3.8) is 0 Å². The van der Waals surface area contributed by atoms with Gasteiger partial charge in [0.05, 0.1) is 0 Å². The van der Waals surface area contributed by atoms with Gasteiger partial charge in [-0.2, -0.15) is 0 Å². The Hall–Kier alpha value is -1.16. The van der Waals surface area contributed by atoms with Crippen molar-refractivity contribution in [3.8, 4) is 0 Å². The average molecular weight is 365 g/mol. The minimum Gasteiger partial charge on any atom is -0.312 e. The molecule has 0 saturated heterocycles. The van der Waals surface area contributed by atoms with Crippen molar-refractivity contribution < 1.29 is 4.79 Å². The lowest BCUT2D eigenvalue weighted by Gasteiger charge is -2.19. The van der Waals surface area contributed by atoms with Gasteiger partial charge in [0.1, 0.15) is 0 Å². The lowest BCUT2D eigenvalue weighted by atomic mass is 9.91. The number of carbonyl (C=O) groups is 1. The molecule has 2 aromatic rings. The molecule has 3 rings (SSSR count). The molecule has 1 N–H and O–H groups in total. The molecule has 0 aliphatic carbocycles. The maximum Gasteiger partial charge on any atom is 0.167 e. The summed E-state index contributed by atoms with van der Waals surface area (Å²) in [6, 6.07) is 11.6. The molecule has 0 spiro atoms. The van der Waals surface area contributed by atoms with E-state index >= 15 is 0 Å². The Balaban J connectivity index is 1.89. The van der Waals surface area contributed by atoms with Crippen LogP contribution in [0.25, 0.3) is 0 Å². The van der Waals surface area contributed by atoms with E-state index in [2.05, 4.69) is 27.3 Å². The zero-order valence-corrected chi connectivity index (χ0v) is 13.8. The normalized spacial score (nSPS) is 13.8. The van der Waals surface area contributed by atoms with Crippen LogP contribution in [0.4, 0.5) is 0 Å². The van der Waals surface area contributed by atoms with Crippen LogP contribution >= 0.6 is 27.5 Å². The number of fused-ring (bicyclic) bond motifs is 1. The smallest absolute Gasteiger partial charge is 0.167 e. The Morgan fingerprint density at radius 2 is 2.14 bits per heavy atom. The predicted octanol–water partition coefficient (Wildman–Crippen LogP) is 4.17. The van der Waals surface area contributed by atoms with Gasteiger partial charge in [0.15, 0.2) is 5.78 Å². The Morgan fingerprint density at radius 1 is 1.29 bits per heavy atom. The van der Waals surface area contributed by atoms with Gasteiger partial charge in [-0.1, -0.05) is 51.8 Å². The third-order valence-electron chi connectivity index (χ3n) is 3.81. The number of hydrogen-bond acceptors (Lipinski definition) is 2. The van der Waals surface area contributed by atoms with E-state index < -0.39 is 0 Å². The van der Waals surface area contributed by atoms with Crippen molar-refractivity contribution in [3.05, 3.63) is 68.1 Å². The average Bonchev–Trinajstić information content (AvgIpc) is 2.49. The zero-order chi connectivity index (χ0) is 14.8. The molecule has 0 unspecified atom stereocenters. The monoisotopic (exact) mass is 363 g/mol. The Morgan fingerprint density at radius 3 is 2.95 bits per heavy atom. The highest BCUT2D eigenvalue weighted by Crippen LogP contribution is 2.25. The summed E-state index contributed by atoms with van der Waals surface area (Å²) in [5.74, 6) is 0.137. The molecule has 1 aliphatic heterocycles. The molecule has 21 heavy (non-hydrogen) atoms. The van der Waals surface area contributed by atoms with E-state index in [1.54, 1.807) is 0 Å². The summed E-state index contributed by atoms with van der Waals surface area (Å²) in [6.45, 7) is 1.77. The summed E-state index contributed by atoms with van der Waals surface area (Å²) < 4.78 is 0.923. The molecule has 0 saturated carbocycles. The number of Topliss-reactive ketones (excluding diaryl/α,β-unsaturated/α-hetero) is 1. The zero-order valence-electron chi connectivity index (χ0n) is 11.5. The van der Waals surface area contributed by atoms with Crippen molar-refractivity contribution in [2.24, 2.45) is 0 Å². The summed E-state index contributed by atoms with van der Waals surface area (Å²) in [6.07, 6.45) is 1.25. The van der Waals surface area contributed by atoms with Crippen LogP contribution in [-0.4, -0.2) is 12.3 Å². The maximum atomic E-state index is 12.6. The fraction of sp³-hybridized carbons (Fsp3) is 0.235.